The van der Waals surface area contributed by atoms with Crippen molar-refractivity contribution in [3.8, 4) is 0 Å². The van der Waals surface area contributed by atoms with E-state index in [-0.39, 0.29) is 36.8 Å². The molecule has 7 nitrogen and oxygen atoms in total. The van der Waals surface area contributed by atoms with Crippen molar-refractivity contribution in [1.29, 1.82) is 0 Å². The lowest BCUT2D eigenvalue weighted by Crippen LogP contribution is -2.57. The van der Waals surface area contributed by atoms with Crippen LogP contribution in [0.5, 0.6) is 0 Å². The van der Waals surface area contributed by atoms with Gasteiger partial charge in [0.05, 0.1) is 29.2 Å². The Morgan fingerprint density at radius 3 is 2.66 bits per heavy atom. The number of hydrogen-bond donors (Lipinski definition) is 1. The summed E-state index contributed by atoms with van der Waals surface area (Å²) in [6.07, 6.45) is 4.98. The van der Waals surface area contributed by atoms with E-state index in [0.717, 1.165) is 6.42 Å². The van der Waals surface area contributed by atoms with Crippen LogP contribution in [-0.2, 0) is 19.1 Å². The third-order valence-corrected chi connectivity index (χ3v) is 9.58. The molecule has 0 aromatic heterocycles. The number of carbonyl (C=O) groups excluding carboxylic acids is 3. The van der Waals surface area contributed by atoms with E-state index in [0.29, 0.717) is 23.6 Å². The summed E-state index contributed by atoms with van der Waals surface area (Å²) in [5.41, 5.74) is 0.642. The second-order valence-electron chi connectivity index (χ2n) is 9.18. The molecule has 6 atom stereocenters. The van der Waals surface area contributed by atoms with Crippen molar-refractivity contribution in [2.75, 3.05) is 24.7 Å². The van der Waals surface area contributed by atoms with Crippen LogP contribution in [0.25, 0.3) is 0 Å². The second-order valence-corrected chi connectivity index (χ2v) is 11.2. The maximum atomic E-state index is 14.3. The molecule has 3 saturated heterocycles. The van der Waals surface area contributed by atoms with Gasteiger partial charge in [0, 0.05) is 22.5 Å². The second kappa shape index (κ2) is 10.4. The van der Waals surface area contributed by atoms with E-state index in [4.69, 9.17) is 16.3 Å². The van der Waals surface area contributed by atoms with Crippen LogP contribution in [0, 0.1) is 11.8 Å². The van der Waals surface area contributed by atoms with Gasteiger partial charge < -0.3 is 19.6 Å². The standard InChI is InChI=1S/C26H31ClN2O5S/c1-4-13-28(18-9-7-16(27)8-10-18)24(32)22-26-12-11-19(35-26)20(25(33)34-14-5-2)21(26)23(31)29(22)17(6-3)15-30/h4-5,7-10,17,19-22,30H,1-2,6,11-15H2,3H3/t17-,19-,20+,21-,22?,26?/m0/s1. The normalized spacial score (nSPS) is 29.6. The Bertz CT molecular complexity index is 1010. The van der Waals surface area contributed by atoms with Gasteiger partial charge in [-0.05, 0) is 43.5 Å². The highest BCUT2D eigenvalue weighted by Gasteiger charge is 2.74. The van der Waals surface area contributed by atoms with Crippen LogP contribution in [-0.4, -0.2) is 69.6 Å². The molecule has 9 heteroatoms. The Hall–Kier alpha value is -2.29. The van der Waals surface area contributed by atoms with Crippen LogP contribution in [0.3, 0.4) is 0 Å². The number of fused-ring (bicyclic) bond motifs is 1. The van der Waals surface area contributed by atoms with Gasteiger partial charge in [0.1, 0.15) is 12.6 Å². The number of aliphatic hydroxyl groups is 1. The lowest BCUT2D eigenvalue weighted by Gasteiger charge is -2.39. The van der Waals surface area contributed by atoms with Crippen LogP contribution in [0.2, 0.25) is 5.02 Å². The van der Waals surface area contributed by atoms with Crippen LogP contribution in [0.1, 0.15) is 26.2 Å². The number of rotatable bonds is 10. The van der Waals surface area contributed by atoms with Crippen LogP contribution >= 0.6 is 23.4 Å². The molecular weight excluding hydrogens is 488 g/mol. The van der Waals surface area contributed by atoms with Gasteiger partial charge in [-0.1, -0.05) is 37.3 Å². The number of ether oxygens (including phenoxy) is 1. The molecule has 35 heavy (non-hydrogen) atoms. The van der Waals surface area contributed by atoms with E-state index in [1.54, 1.807) is 51.9 Å². The Morgan fingerprint density at radius 2 is 2.06 bits per heavy atom. The van der Waals surface area contributed by atoms with Gasteiger partial charge in [0.2, 0.25) is 5.91 Å². The first kappa shape index (κ1) is 25.8. The van der Waals surface area contributed by atoms with E-state index < -0.39 is 34.6 Å². The third kappa shape index (κ3) is 4.19. The molecule has 4 rings (SSSR count). The van der Waals surface area contributed by atoms with Gasteiger partial charge in [-0.3, -0.25) is 14.4 Å². The van der Waals surface area contributed by atoms with Crippen LogP contribution < -0.4 is 4.90 Å². The van der Waals surface area contributed by atoms with E-state index in [1.165, 1.54) is 6.08 Å². The maximum Gasteiger partial charge on any atom is 0.311 e. The zero-order chi connectivity index (χ0) is 25.3. The number of anilines is 1. The van der Waals surface area contributed by atoms with Crippen molar-refractivity contribution < 1.29 is 24.2 Å². The lowest BCUT2D eigenvalue weighted by molar-refractivity contribution is -0.153. The molecular formula is C26H31ClN2O5S. The first-order chi connectivity index (χ1) is 16.8. The highest BCUT2D eigenvalue weighted by Crippen LogP contribution is 2.67. The molecule has 3 aliphatic rings. The SMILES string of the molecule is C=CCOC(=O)[C@@H]1[C@@H]2CCC3(S2)C(C(=O)N(CC=C)c2ccc(Cl)cc2)N([C@@H](CC)CO)C(=O)[C@H]13. The quantitative estimate of drug-likeness (QED) is 0.377. The van der Waals surface area contributed by atoms with Crippen molar-refractivity contribution in [3.05, 3.63) is 54.6 Å². The average Bonchev–Trinajstić information content (AvgIpc) is 3.50. The molecule has 2 amide bonds. The summed E-state index contributed by atoms with van der Waals surface area (Å²) in [5, 5.41) is 10.6. The summed E-state index contributed by atoms with van der Waals surface area (Å²) < 4.78 is 4.62. The van der Waals surface area contributed by atoms with E-state index in [2.05, 4.69) is 13.2 Å². The minimum Gasteiger partial charge on any atom is -0.461 e. The summed E-state index contributed by atoms with van der Waals surface area (Å²) >= 11 is 7.64. The summed E-state index contributed by atoms with van der Waals surface area (Å²) in [6.45, 7) is 9.34. The summed E-state index contributed by atoms with van der Waals surface area (Å²) in [4.78, 5) is 44.5. The predicted octanol–water partition coefficient (Wildman–Crippen LogP) is 3.45. The molecule has 3 aliphatic heterocycles. The van der Waals surface area contributed by atoms with Gasteiger partial charge in [0.25, 0.3) is 5.91 Å². The summed E-state index contributed by atoms with van der Waals surface area (Å²) in [5.74, 6) is -2.22. The molecule has 0 aliphatic carbocycles. The van der Waals surface area contributed by atoms with Gasteiger partial charge in [-0.2, -0.15) is 0 Å². The number of carbonyl (C=O) groups is 3. The molecule has 1 aromatic carbocycles. The number of amides is 2. The number of likely N-dealkylation sites (tertiary alicyclic amines) is 1. The fourth-order valence-corrected chi connectivity index (χ4v) is 8.22. The number of aliphatic hydroxyl groups excluding tert-OH is 1. The number of halogens is 1. The topological polar surface area (TPSA) is 87.2 Å². The molecule has 0 radical (unpaired) electrons. The number of hydrogen-bond acceptors (Lipinski definition) is 6. The zero-order valence-electron chi connectivity index (χ0n) is 19.8. The van der Waals surface area contributed by atoms with Gasteiger partial charge in [0.15, 0.2) is 0 Å². The molecule has 1 spiro atoms. The van der Waals surface area contributed by atoms with Crippen molar-refractivity contribution in [1.82, 2.24) is 4.90 Å². The van der Waals surface area contributed by atoms with Crippen molar-refractivity contribution in [3.63, 3.8) is 0 Å². The maximum absolute atomic E-state index is 14.3. The fourth-order valence-electron chi connectivity index (χ4n) is 5.90. The number of benzene rings is 1. The summed E-state index contributed by atoms with van der Waals surface area (Å²) in [7, 11) is 0. The monoisotopic (exact) mass is 518 g/mol. The van der Waals surface area contributed by atoms with Crippen molar-refractivity contribution >= 4 is 46.8 Å². The fraction of sp³-hybridized carbons (Fsp3) is 0.500. The van der Waals surface area contributed by atoms with E-state index >= 15 is 0 Å². The smallest absolute Gasteiger partial charge is 0.311 e. The van der Waals surface area contributed by atoms with Crippen molar-refractivity contribution in [2.24, 2.45) is 11.8 Å². The van der Waals surface area contributed by atoms with Crippen LogP contribution in [0.4, 0.5) is 5.69 Å². The van der Waals surface area contributed by atoms with Gasteiger partial charge in [-0.15, -0.1) is 18.3 Å². The number of esters is 1. The lowest BCUT2D eigenvalue weighted by atomic mass is 9.71. The molecule has 1 aromatic rings. The van der Waals surface area contributed by atoms with E-state index in [9.17, 15) is 19.5 Å². The molecule has 2 bridgehead atoms. The number of nitrogens with zero attached hydrogens (tertiary/aromatic N) is 2. The minimum atomic E-state index is -0.820. The molecule has 188 valence electrons. The number of thioether (sulfide) groups is 1. The first-order valence-corrected chi connectivity index (χ1v) is 13.2. The van der Waals surface area contributed by atoms with Crippen molar-refractivity contribution in [2.45, 2.75) is 48.3 Å². The van der Waals surface area contributed by atoms with Crippen LogP contribution in [0.15, 0.2) is 49.6 Å². The third-order valence-electron chi connectivity index (χ3n) is 7.38. The largest absolute Gasteiger partial charge is 0.461 e. The summed E-state index contributed by atoms with van der Waals surface area (Å²) in [6, 6.07) is 5.60. The molecule has 3 heterocycles. The Kier molecular flexibility index (Phi) is 7.64. The molecule has 3 fully saturated rings. The average molecular weight is 519 g/mol. The first-order valence-electron chi connectivity index (χ1n) is 11.9. The van der Waals surface area contributed by atoms with Gasteiger partial charge in [-0.25, -0.2) is 0 Å². The Labute approximate surface area is 215 Å². The Morgan fingerprint density at radius 1 is 1.34 bits per heavy atom. The Balaban J connectivity index is 1.79. The molecule has 2 unspecified atom stereocenters. The van der Waals surface area contributed by atoms with E-state index in [1.807, 2.05) is 6.92 Å². The predicted molar refractivity (Wildman–Crippen MR) is 137 cm³/mol. The molecule has 0 saturated carbocycles. The highest BCUT2D eigenvalue weighted by molar-refractivity contribution is 8.02. The highest BCUT2D eigenvalue weighted by atomic mass is 35.5. The molecule has 1 N–H and O–H groups in total. The van der Waals surface area contributed by atoms with Gasteiger partial charge >= 0.3 is 5.97 Å². The minimum absolute atomic E-state index is 0.0740. The zero-order valence-corrected chi connectivity index (χ0v) is 21.3.